The van der Waals surface area contributed by atoms with Crippen molar-refractivity contribution >= 4 is 31.4 Å². The van der Waals surface area contributed by atoms with Crippen LogP contribution in [0.15, 0.2) is 52.3 Å². The number of halogens is 1. The van der Waals surface area contributed by atoms with Gasteiger partial charge in [0.15, 0.2) is 0 Å². The quantitative estimate of drug-likeness (QED) is 0.490. The minimum absolute atomic E-state index is 0.270. The number of nitrogens with one attached hydrogen (secondary N) is 2. The molecule has 2 aromatic rings. The monoisotopic (exact) mass is 444 g/mol. The second-order valence-corrected chi connectivity index (χ2v) is 9.80. The number of hydrogen-bond donors (Lipinski definition) is 2. The maximum atomic E-state index is 13.7. The molecule has 3 rings (SSSR count). The van der Waals surface area contributed by atoms with Crippen molar-refractivity contribution in [2.24, 2.45) is 0 Å². The van der Waals surface area contributed by atoms with Gasteiger partial charge in [-0.1, -0.05) is 12.1 Å². The van der Waals surface area contributed by atoms with Crippen LogP contribution < -0.4 is 10.3 Å². The maximum Gasteiger partial charge on any atom is 0.295 e. The molecule has 2 N–H and O–H groups in total. The van der Waals surface area contributed by atoms with E-state index < -0.39 is 41.4 Å². The van der Waals surface area contributed by atoms with E-state index in [1.54, 1.807) is 0 Å². The zero-order valence-electron chi connectivity index (χ0n) is 14.9. The lowest BCUT2D eigenvalue weighted by Gasteiger charge is -2.16. The molecule has 1 aliphatic rings. The summed E-state index contributed by atoms with van der Waals surface area (Å²) < 4.78 is 64.6. The molecule has 0 saturated carbocycles. The Morgan fingerprint density at radius 2 is 1.69 bits per heavy atom. The van der Waals surface area contributed by atoms with Crippen LogP contribution in [0, 0.1) is 15.9 Å². The third-order valence-electron chi connectivity index (χ3n) is 4.31. The van der Waals surface area contributed by atoms with Gasteiger partial charge >= 0.3 is 0 Å². The molecular weight excluding hydrogens is 427 g/mol. The van der Waals surface area contributed by atoms with Crippen molar-refractivity contribution in [2.75, 3.05) is 18.5 Å². The zero-order valence-corrected chi connectivity index (χ0v) is 16.5. The summed E-state index contributed by atoms with van der Waals surface area (Å²) in [5, 5.41) is 11.4. The summed E-state index contributed by atoms with van der Waals surface area (Å²) in [6.07, 6.45) is 1.41. The minimum atomic E-state index is -4.37. The Bertz CT molecular complexity index is 1150. The van der Waals surface area contributed by atoms with Crippen LogP contribution in [-0.2, 0) is 20.0 Å². The molecule has 1 heterocycles. The summed E-state index contributed by atoms with van der Waals surface area (Å²) >= 11 is 0. The third kappa shape index (κ3) is 4.37. The van der Waals surface area contributed by atoms with Crippen molar-refractivity contribution in [1.82, 2.24) is 9.14 Å². The molecule has 2 aromatic carbocycles. The fraction of sp³-hybridized carbons (Fsp3) is 0.250. The number of sulfonamides is 2. The van der Waals surface area contributed by atoms with Crippen molar-refractivity contribution in [1.29, 1.82) is 0 Å². The van der Waals surface area contributed by atoms with Gasteiger partial charge in [-0.05, 0) is 37.1 Å². The summed E-state index contributed by atoms with van der Waals surface area (Å²) in [4.78, 5) is 11.5. The Morgan fingerprint density at radius 3 is 2.31 bits per heavy atom. The van der Waals surface area contributed by atoms with Crippen molar-refractivity contribution in [3.05, 3.63) is 58.4 Å². The lowest BCUT2D eigenvalue weighted by atomic mass is 10.3. The van der Waals surface area contributed by atoms with Gasteiger partial charge in [-0.2, -0.15) is 4.31 Å². The smallest absolute Gasteiger partial charge is 0.295 e. The number of rotatable bonds is 7. The number of nitro groups is 1. The molecule has 0 spiro atoms. The minimum Gasteiger partial charge on any atom is -0.302 e. The highest BCUT2D eigenvalue weighted by molar-refractivity contribution is 7.89. The Kier molecular flexibility index (Phi) is 5.84. The fourth-order valence-corrected chi connectivity index (χ4v) is 5.32. The van der Waals surface area contributed by atoms with Gasteiger partial charge in [-0.25, -0.2) is 21.2 Å². The fourth-order valence-electron chi connectivity index (χ4n) is 2.85. The molecule has 1 saturated heterocycles. The standard InChI is InChI=1S/C16H17FN4O6S2/c17-13-5-1-2-6-16(13)28(24,25)19-18-14-8-7-12(11-15(14)21(22)23)29(26,27)20-9-3-4-10-20/h1-2,5-8,11,18-19H,3-4,9-10H2. The van der Waals surface area contributed by atoms with Gasteiger partial charge in [0.2, 0.25) is 10.0 Å². The lowest BCUT2D eigenvalue weighted by Crippen LogP contribution is -2.31. The first kappa shape index (κ1) is 21.1. The van der Waals surface area contributed by atoms with E-state index in [2.05, 4.69) is 5.43 Å². The SMILES string of the molecule is O=[N+]([O-])c1cc(S(=O)(=O)N2CCCC2)ccc1NNS(=O)(=O)c1ccccc1F. The van der Waals surface area contributed by atoms with E-state index in [0.717, 1.165) is 30.3 Å². The molecule has 0 atom stereocenters. The number of hydrazine groups is 1. The van der Waals surface area contributed by atoms with Crippen LogP contribution in [0.25, 0.3) is 0 Å². The number of anilines is 1. The van der Waals surface area contributed by atoms with E-state index in [-0.39, 0.29) is 10.6 Å². The molecule has 0 amide bonds. The first-order chi connectivity index (χ1) is 13.6. The second kappa shape index (κ2) is 8.02. The Balaban J connectivity index is 1.88. The molecule has 0 radical (unpaired) electrons. The zero-order chi connectivity index (χ0) is 21.2. The summed E-state index contributed by atoms with van der Waals surface area (Å²) in [5.41, 5.74) is 1.21. The first-order valence-corrected chi connectivity index (χ1v) is 11.4. The molecule has 0 bridgehead atoms. The maximum absolute atomic E-state index is 13.7. The molecule has 0 unspecified atom stereocenters. The molecule has 13 heteroatoms. The molecule has 156 valence electrons. The van der Waals surface area contributed by atoms with Crippen LogP contribution in [0.3, 0.4) is 0 Å². The van der Waals surface area contributed by atoms with Crippen LogP contribution in [0.2, 0.25) is 0 Å². The van der Waals surface area contributed by atoms with Crippen LogP contribution in [0.5, 0.6) is 0 Å². The van der Waals surface area contributed by atoms with Gasteiger partial charge in [0.05, 0.1) is 9.82 Å². The molecule has 29 heavy (non-hydrogen) atoms. The van der Waals surface area contributed by atoms with E-state index in [0.29, 0.717) is 25.9 Å². The second-order valence-electron chi connectivity index (χ2n) is 6.21. The van der Waals surface area contributed by atoms with Crippen LogP contribution in [0.4, 0.5) is 15.8 Å². The van der Waals surface area contributed by atoms with Crippen LogP contribution >= 0.6 is 0 Å². The Hall–Kier alpha value is -2.61. The van der Waals surface area contributed by atoms with Crippen molar-refractivity contribution < 1.29 is 26.1 Å². The highest BCUT2D eigenvalue weighted by Crippen LogP contribution is 2.30. The molecule has 1 aliphatic heterocycles. The normalized spacial score (nSPS) is 15.3. The average molecular weight is 444 g/mol. The van der Waals surface area contributed by atoms with E-state index in [1.807, 2.05) is 4.83 Å². The summed E-state index contributed by atoms with van der Waals surface area (Å²) in [7, 11) is -8.26. The number of benzene rings is 2. The van der Waals surface area contributed by atoms with Gasteiger partial charge in [-0.15, -0.1) is 4.83 Å². The predicted octanol–water partition coefficient (Wildman–Crippen LogP) is 1.82. The van der Waals surface area contributed by atoms with Gasteiger partial charge in [-0.3, -0.25) is 10.1 Å². The largest absolute Gasteiger partial charge is 0.302 e. The van der Waals surface area contributed by atoms with Gasteiger partial charge in [0, 0.05) is 19.2 Å². The number of nitro benzene ring substituents is 1. The molecular formula is C16H17FN4O6S2. The topological polar surface area (TPSA) is 139 Å². The Morgan fingerprint density at radius 1 is 1.03 bits per heavy atom. The van der Waals surface area contributed by atoms with Gasteiger partial charge in [0.25, 0.3) is 15.7 Å². The van der Waals surface area contributed by atoms with E-state index >= 15 is 0 Å². The van der Waals surface area contributed by atoms with Crippen LogP contribution in [-0.4, -0.2) is 39.2 Å². The summed E-state index contributed by atoms with van der Waals surface area (Å²) in [5.74, 6) is -0.997. The van der Waals surface area contributed by atoms with Crippen molar-refractivity contribution in [3.63, 3.8) is 0 Å². The lowest BCUT2D eigenvalue weighted by molar-refractivity contribution is -0.384. The average Bonchev–Trinajstić information content (AvgIpc) is 3.22. The van der Waals surface area contributed by atoms with Crippen molar-refractivity contribution in [2.45, 2.75) is 22.6 Å². The number of nitrogens with zero attached hydrogens (tertiary/aromatic N) is 2. The van der Waals surface area contributed by atoms with E-state index in [9.17, 15) is 31.3 Å². The molecule has 10 nitrogen and oxygen atoms in total. The van der Waals surface area contributed by atoms with Crippen LogP contribution in [0.1, 0.15) is 12.8 Å². The number of hydrogen-bond acceptors (Lipinski definition) is 7. The van der Waals surface area contributed by atoms with Gasteiger partial charge in [0.1, 0.15) is 16.4 Å². The molecule has 1 fully saturated rings. The third-order valence-corrected chi connectivity index (χ3v) is 7.49. The molecule has 0 aromatic heterocycles. The highest BCUT2D eigenvalue weighted by Gasteiger charge is 2.30. The first-order valence-electron chi connectivity index (χ1n) is 8.44. The highest BCUT2D eigenvalue weighted by atomic mass is 32.2. The predicted molar refractivity (Wildman–Crippen MR) is 101 cm³/mol. The molecule has 0 aliphatic carbocycles. The van der Waals surface area contributed by atoms with E-state index in [1.165, 1.54) is 16.4 Å². The Labute approximate surface area is 166 Å². The van der Waals surface area contributed by atoms with E-state index in [4.69, 9.17) is 0 Å². The van der Waals surface area contributed by atoms with Gasteiger partial charge < -0.3 is 5.43 Å². The summed E-state index contributed by atoms with van der Waals surface area (Å²) in [6, 6.07) is 7.68. The summed E-state index contributed by atoms with van der Waals surface area (Å²) in [6.45, 7) is 0.664. The van der Waals surface area contributed by atoms with Crippen molar-refractivity contribution in [3.8, 4) is 0 Å².